The van der Waals surface area contributed by atoms with Crippen molar-refractivity contribution in [2.24, 2.45) is 0 Å². The first-order valence-electron chi connectivity index (χ1n) is 14.0. The van der Waals surface area contributed by atoms with E-state index in [0.29, 0.717) is 31.3 Å². The van der Waals surface area contributed by atoms with Crippen molar-refractivity contribution in [3.05, 3.63) is 123 Å². The molecule has 1 amide bonds. The van der Waals surface area contributed by atoms with Crippen LogP contribution >= 0.6 is 11.3 Å². The second-order valence-electron chi connectivity index (χ2n) is 11.2. The highest BCUT2D eigenvalue weighted by molar-refractivity contribution is 7.09. The van der Waals surface area contributed by atoms with E-state index in [-0.39, 0.29) is 11.3 Å². The molecule has 4 aromatic rings. The van der Waals surface area contributed by atoms with E-state index in [4.69, 9.17) is 4.74 Å². The minimum atomic E-state index is -0.155. The minimum Gasteiger partial charge on any atom is -0.383 e. The highest BCUT2D eigenvalue weighted by atomic mass is 32.1. The Kier molecular flexibility index (Phi) is 10.6. The van der Waals surface area contributed by atoms with Gasteiger partial charge in [0.2, 0.25) is 0 Å². The van der Waals surface area contributed by atoms with E-state index in [9.17, 15) is 4.79 Å². The maximum atomic E-state index is 12.5. The van der Waals surface area contributed by atoms with Crippen LogP contribution in [-0.2, 0) is 23.2 Å². The summed E-state index contributed by atoms with van der Waals surface area (Å²) >= 11 is 1.54. The lowest BCUT2D eigenvalue weighted by molar-refractivity contribution is 0.0932. The Morgan fingerprint density at radius 3 is 2.12 bits per heavy atom. The van der Waals surface area contributed by atoms with Gasteiger partial charge in [0, 0.05) is 31.5 Å². The van der Waals surface area contributed by atoms with E-state index in [2.05, 4.69) is 121 Å². The SMILES string of the molecule is COCCNC(=O)c1csc(CN(CCC(c2ccccc2)c2ccccc2)Cc2ccc(C(C)(C)C)cc2)n1. The molecule has 0 aliphatic rings. The molecule has 0 saturated carbocycles. The Morgan fingerprint density at radius 1 is 0.925 bits per heavy atom. The van der Waals surface area contributed by atoms with Gasteiger partial charge < -0.3 is 10.1 Å². The fraction of sp³-hybridized carbons (Fsp3) is 0.353. The predicted octanol–water partition coefficient (Wildman–Crippen LogP) is 7.04. The van der Waals surface area contributed by atoms with Gasteiger partial charge in [0.05, 0.1) is 13.2 Å². The summed E-state index contributed by atoms with van der Waals surface area (Å²) in [4.78, 5) is 19.7. The maximum Gasteiger partial charge on any atom is 0.270 e. The summed E-state index contributed by atoms with van der Waals surface area (Å²) in [5.41, 5.74) is 5.85. The predicted molar refractivity (Wildman–Crippen MR) is 165 cm³/mol. The molecular weight excluding hydrogens is 514 g/mol. The molecule has 6 heteroatoms. The van der Waals surface area contributed by atoms with Crippen LogP contribution in [0.3, 0.4) is 0 Å². The average Bonchev–Trinajstić information content (AvgIpc) is 3.43. The number of methoxy groups -OCH3 is 1. The molecule has 1 aromatic heterocycles. The number of hydrogen-bond acceptors (Lipinski definition) is 5. The Bertz CT molecular complexity index is 1280. The highest BCUT2D eigenvalue weighted by Crippen LogP contribution is 2.29. The topological polar surface area (TPSA) is 54.5 Å². The van der Waals surface area contributed by atoms with E-state index >= 15 is 0 Å². The smallest absolute Gasteiger partial charge is 0.270 e. The zero-order valence-corrected chi connectivity index (χ0v) is 24.9. The minimum absolute atomic E-state index is 0.123. The van der Waals surface area contributed by atoms with Gasteiger partial charge in [-0.25, -0.2) is 4.98 Å². The van der Waals surface area contributed by atoms with Crippen molar-refractivity contribution in [3.63, 3.8) is 0 Å². The molecule has 0 fully saturated rings. The number of hydrogen-bond donors (Lipinski definition) is 1. The normalized spacial score (nSPS) is 11.8. The van der Waals surface area contributed by atoms with Gasteiger partial charge in [-0.1, -0.05) is 106 Å². The van der Waals surface area contributed by atoms with Crippen LogP contribution in [0.4, 0.5) is 0 Å². The van der Waals surface area contributed by atoms with Crippen LogP contribution in [0.2, 0.25) is 0 Å². The molecule has 0 atom stereocenters. The zero-order valence-electron chi connectivity index (χ0n) is 24.1. The Labute approximate surface area is 243 Å². The van der Waals surface area contributed by atoms with Gasteiger partial charge in [-0.3, -0.25) is 9.69 Å². The fourth-order valence-corrected chi connectivity index (χ4v) is 5.64. The maximum absolute atomic E-state index is 12.5. The van der Waals surface area contributed by atoms with Crippen molar-refractivity contribution in [2.45, 2.75) is 51.6 Å². The molecule has 0 bridgehead atoms. The lowest BCUT2D eigenvalue weighted by Gasteiger charge is -2.26. The highest BCUT2D eigenvalue weighted by Gasteiger charge is 2.19. The van der Waals surface area contributed by atoms with Crippen LogP contribution in [0.25, 0.3) is 0 Å². The molecule has 3 aromatic carbocycles. The fourth-order valence-electron chi connectivity index (χ4n) is 4.83. The second kappa shape index (κ2) is 14.4. The van der Waals surface area contributed by atoms with Gasteiger partial charge >= 0.3 is 0 Å². The van der Waals surface area contributed by atoms with Crippen molar-refractivity contribution in [2.75, 3.05) is 26.8 Å². The second-order valence-corrected chi connectivity index (χ2v) is 12.1. The van der Waals surface area contributed by atoms with Crippen molar-refractivity contribution in [1.82, 2.24) is 15.2 Å². The lowest BCUT2D eigenvalue weighted by atomic mass is 9.86. The van der Waals surface area contributed by atoms with E-state index in [0.717, 1.165) is 24.5 Å². The summed E-state index contributed by atoms with van der Waals surface area (Å²) in [6.45, 7) is 10.1. The summed E-state index contributed by atoms with van der Waals surface area (Å²) in [7, 11) is 1.62. The van der Waals surface area contributed by atoms with Gasteiger partial charge in [0.15, 0.2) is 0 Å². The summed E-state index contributed by atoms with van der Waals surface area (Å²) in [5, 5.41) is 5.66. The number of nitrogens with zero attached hydrogens (tertiary/aromatic N) is 2. The average molecular weight is 556 g/mol. The lowest BCUT2D eigenvalue weighted by Crippen LogP contribution is -2.28. The molecule has 0 aliphatic heterocycles. The number of nitrogens with one attached hydrogen (secondary N) is 1. The summed E-state index contributed by atoms with van der Waals surface area (Å²) in [5.74, 6) is 0.142. The van der Waals surface area contributed by atoms with Gasteiger partial charge in [-0.2, -0.15) is 0 Å². The largest absolute Gasteiger partial charge is 0.383 e. The first-order chi connectivity index (χ1) is 19.3. The number of amides is 1. The van der Waals surface area contributed by atoms with Crippen molar-refractivity contribution in [3.8, 4) is 0 Å². The van der Waals surface area contributed by atoms with E-state index < -0.39 is 0 Å². The first kappa shape index (κ1) is 29.7. The number of aromatic nitrogens is 1. The molecular formula is C34H41N3O2S. The molecule has 5 nitrogen and oxygen atoms in total. The summed E-state index contributed by atoms with van der Waals surface area (Å²) in [6.07, 6.45) is 0.976. The van der Waals surface area contributed by atoms with Gasteiger partial charge in [-0.15, -0.1) is 11.3 Å². The van der Waals surface area contributed by atoms with Crippen LogP contribution in [0, 0.1) is 0 Å². The molecule has 0 spiro atoms. The monoisotopic (exact) mass is 555 g/mol. The van der Waals surface area contributed by atoms with Crippen LogP contribution < -0.4 is 5.32 Å². The third-order valence-electron chi connectivity index (χ3n) is 7.10. The van der Waals surface area contributed by atoms with Crippen molar-refractivity contribution < 1.29 is 9.53 Å². The molecule has 1 heterocycles. The van der Waals surface area contributed by atoms with Crippen LogP contribution in [0.15, 0.2) is 90.3 Å². The van der Waals surface area contributed by atoms with Gasteiger partial charge in [0.1, 0.15) is 10.7 Å². The van der Waals surface area contributed by atoms with Gasteiger partial charge in [0.25, 0.3) is 5.91 Å². The molecule has 40 heavy (non-hydrogen) atoms. The van der Waals surface area contributed by atoms with Crippen LogP contribution in [0.5, 0.6) is 0 Å². The van der Waals surface area contributed by atoms with Crippen molar-refractivity contribution in [1.29, 1.82) is 0 Å². The van der Waals surface area contributed by atoms with E-state index in [1.807, 2.05) is 5.38 Å². The first-order valence-corrected chi connectivity index (χ1v) is 14.8. The number of benzene rings is 3. The molecule has 0 radical (unpaired) electrons. The van der Waals surface area contributed by atoms with Crippen molar-refractivity contribution >= 4 is 17.2 Å². The molecule has 0 aliphatic carbocycles. The number of rotatable bonds is 13. The number of carbonyl (C=O) groups is 1. The number of carbonyl (C=O) groups excluding carboxylic acids is 1. The Morgan fingerprint density at radius 2 is 1.55 bits per heavy atom. The molecule has 0 saturated heterocycles. The summed E-state index contributed by atoms with van der Waals surface area (Å²) < 4.78 is 5.04. The standard InChI is InChI=1S/C34H41N3O2S/c1-34(2,3)29-17-15-26(16-18-29)23-37(24-32-36-31(25-40-32)33(38)35-20-22-39-4)21-19-30(27-11-7-5-8-12-27)28-13-9-6-10-14-28/h5-18,25,30H,19-24H2,1-4H3,(H,35,38). The zero-order chi connectivity index (χ0) is 28.4. The third-order valence-corrected chi connectivity index (χ3v) is 7.93. The Hall–Kier alpha value is -3.32. The molecule has 1 N–H and O–H groups in total. The van der Waals surface area contributed by atoms with Gasteiger partial charge in [-0.05, 0) is 40.6 Å². The number of thiazole rings is 1. The van der Waals surface area contributed by atoms with Crippen LogP contribution in [0.1, 0.15) is 70.9 Å². The van der Waals surface area contributed by atoms with E-state index in [1.54, 1.807) is 18.4 Å². The van der Waals surface area contributed by atoms with E-state index in [1.165, 1.54) is 22.3 Å². The van der Waals surface area contributed by atoms with Crippen LogP contribution in [-0.4, -0.2) is 42.6 Å². The quantitative estimate of drug-likeness (QED) is 0.180. The molecule has 210 valence electrons. The molecule has 0 unspecified atom stereocenters. The molecule has 4 rings (SSSR count). The number of ether oxygens (including phenoxy) is 1. The Balaban J connectivity index is 1.53. The summed E-state index contributed by atoms with van der Waals surface area (Å²) in [6, 6.07) is 30.5. The third kappa shape index (κ3) is 8.59.